The average Bonchev–Trinajstić information content (AvgIpc) is 3.38. The van der Waals surface area contributed by atoms with Gasteiger partial charge in [0, 0.05) is 23.7 Å². The highest BCUT2D eigenvalue weighted by Gasteiger charge is 2.32. The van der Waals surface area contributed by atoms with Crippen molar-refractivity contribution in [3.8, 4) is 0 Å². The number of benzene rings is 1. The van der Waals surface area contributed by atoms with Crippen LogP contribution in [-0.4, -0.2) is 32.5 Å². The van der Waals surface area contributed by atoms with Crippen molar-refractivity contribution in [2.75, 3.05) is 10.7 Å². The van der Waals surface area contributed by atoms with Crippen molar-refractivity contribution in [3.05, 3.63) is 35.7 Å². The number of hydrogen-bond donors (Lipinski definition) is 0. The Kier molecular flexibility index (Phi) is 4.78. The Balaban J connectivity index is 1.51. The van der Waals surface area contributed by atoms with Gasteiger partial charge in [-0.2, -0.15) is 0 Å². The molecule has 0 bridgehead atoms. The van der Waals surface area contributed by atoms with Crippen LogP contribution in [0.5, 0.6) is 0 Å². The number of rotatable bonds is 5. The molecule has 1 fully saturated rings. The molecule has 1 aliphatic heterocycles. The van der Waals surface area contributed by atoms with Crippen LogP contribution >= 0.6 is 11.8 Å². The normalized spacial score (nSPS) is 19.7. The highest BCUT2D eigenvalue weighted by molar-refractivity contribution is 7.99. The second kappa shape index (κ2) is 7.06. The van der Waals surface area contributed by atoms with Gasteiger partial charge in [0.1, 0.15) is 5.82 Å². The van der Waals surface area contributed by atoms with Crippen molar-refractivity contribution in [2.24, 2.45) is 0 Å². The van der Waals surface area contributed by atoms with Gasteiger partial charge in [0.05, 0.1) is 5.75 Å². The van der Waals surface area contributed by atoms with E-state index >= 15 is 0 Å². The lowest BCUT2D eigenvalue weighted by molar-refractivity contribution is -0.116. The highest BCUT2D eigenvalue weighted by Crippen LogP contribution is 2.40. The minimum atomic E-state index is 0.158. The maximum atomic E-state index is 13.0. The van der Waals surface area contributed by atoms with Gasteiger partial charge in [-0.25, -0.2) is 0 Å². The van der Waals surface area contributed by atoms with Crippen molar-refractivity contribution in [1.29, 1.82) is 0 Å². The molecule has 1 atom stereocenters. The molecule has 5 nitrogen and oxygen atoms in total. The van der Waals surface area contributed by atoms with Gasteiger partial charge in [-0.3, -0.25) is 4.79 Å². The fourth-order valence-corrected chi connectivity index (χ4v) is 4.59. The summed E-state index contributed by atoms with van der Waals surface area (Å²) in [6, 6.07) is 9.03. The zero-order valence-electron chi connectivity index (χ0n) is 15.7. The molecule has 26 heavy (non-hydrogen) atoms. The number of para-hydroxylation sites is 1. The van der Waals surface area contributed by atoms with Crippen LogP contribution in [0.15, 0.2) is 29.4 Å². The van der Waals surface area contributed by atoms with Gasteiger partial charge < -0.3 is 9.47 Å². The quantitative estimate of drug-likeness (QED) is 0.740. The number of carbonyl (C=O) groups excluding carboxylic acids is 1. The SMILES string of the molecule is CC(C)c1nnc(SCC(=O)N2c3ccccc3CCC2C)n1C1CC1. The predicted octanol–water partition coefficient (Wildman–Crippen LogP) is 4.20. The van der Waals surface area contributed by atoms with Crippen LogP contribution in [0.2, 0.25) is 0 Å². The topological polar surface area (TPSA) is 51.0 Å². The van der Waals surface area contributed by atoms with Crippen LogP contribution in [0.3, 0.4) is 0 Å². The first-order valence-electron chi connectivity index (χ1n) is 9.53. The summed E-state index contributed by atoms with van der Waals surface area (Å²) in [5.74, 6) is 1.95. The second-order valence-corrected chi connectivity index (χ2v) is 8.61. The lowest BCUT2D eigenvalue weighted by atomic mass is 9.97. The summed E-state index contributed by atoms with van der Waals surface area (Å²) in [5, 5.41) is 9.66. The Morgan fingerprint density at radius 3 is 2.73 bits per heavy atom. The molecule has 0 saturated heterocycles. The maximum absolute atomic E-state index is 13.0. The van der Waals surface area contributed by atoms with Crippen LogP contribution in [0, 0.1) is 0 Å². The van der Waals surface area contributed by atoms with E-state index in [1.165, 1.54) is 30.2 Å². The molecule has 0 spiro atoms. The van der Waals surface area contributed by atoms with Gasteiger partial charge in [0.15, 0.2) is 5.16 Å². The third-order valence-electron chi connectivity index (χ3n) is 5.24. The number of amides is 1. The van der Waals surface area contributed by atoms with Crippen LogP contribution < -0.4 is 4.90 Å². The van der Waals surface area contributed by atoms with Crippen LogP contribution in [0.4, 0.5) is 5.69 Å². The highest BCUT2D eigenvalue weighted by atomic mass is 32.2. The number of nitrogens with zero attached hydrogens (tertiary/aromatic N) is 4. The zero-order chi connectivity index (χ0) is 18.3. The molecule has 138 valence electrons. The van der Waals surface area contributed by atoms with Gasteiger partial charge in [0.2, 0.25) is 5.91 Å². The molecular formula is C20H26N4OS. The molecule has 1 amide bonds. The number of aryl methyl sites for hydroxylation is 1. The van der Waals surface area contributed by atoms with E-state index in [0.717, 1.165) is 29.5 Å². The smallest absolute Gasteiger partial charge is 0.237 e. The van der Waals surface area contributed by atoms with Gasteiger partial charge in [-0.1, -0.05) is 43.8 Å². The minimum Gasteiger partial charge on any atom is -0.309 e. The first kappa shape index (κ1) is 17.6. The van der Waals surface area contributed by atoms with Crippen LogP contribution in [-0.2, 0) is 11.2 Å². The maximum Gasteiger partial charge on any atom is 0.237 e. The summed E-state index contributed by atoms with van der Waals surface area (Å²) in [6.45, 7) is 6.44. The number of hydrogen-bond acceptors (Lipinski definition) is 4. The van der Waals surface area contributed by atoms with E-state index in [1.807, 2.05) is 11.0 Å². The molecule has 1 saturated carbocycles. The summed E-state index contributed by atoms with van der Waals surface area (Å²) < 4.78 is 2.26. The first-order chi connectivity index (χ1) is 12.6. The summed E-state index contributed by atoms with van der Waals surface area (Å²) >= 11 is 1.53. The Morgan fingerprint density at radius 1 is 1.23 bits per heavy atom. The van der Waals surface area contributed by atoms with E-state index < -0.39 is 0 Å². The van der Waals surface area contributed by atoms with Crippen molar-refractivity contribution in [3.63, 3.8) is 0 Å². The molecule has 4 rings (SSSR count). The molecule has 1 aromatic heterocycles. The van der Waals surface area contributed by atoms with E-state index in [1.54, 1.807) is 0 Å². The van der Waals surface area contributed by atoms with Gasteiger partial charge in [0.25, 0.3) is 0 Å². The van der Waals surface area contributed by atoms with E-state index in [0.29, 0.717) is 17.7 Å². The van der Waals surface area contributed by atoms with Crippen molar-refractivity contribution in [2.45, 2.75) is 69.6 Å². The van der Waals surface area contributed by atoms with Gasteiger partial charge >= 0.3 is 0 Å². The lowest BCUT2D eigenvalue weighted by Crippen LogP contribution is -2.43. The second-order valence-electron chi connectivity index (χ2n) is 7.67. The number of anilines is 1. The van der Waals surface area contributed by atoms with Crippen molar-refractivity contribution in [1.82, 2.24) is 14.8 Å². The van der Waals surface area contributed by atoms with Crippen LogP contribution in [0.25, 0.3) is 0 Å². The minimum absolute atomic E-state index is 0.158. The monoisotopic (exact) mass is 370 g/mol. The number of aromatic nitrogens is 3. The zero-order valence-corrected chi connectivity index (χ0v) is 16.5. The molecule has 1 unspecified atom stereocenters. The van der Waals surface area contributed by atoms with E-state index in [2.05, 4.69) is 53.7 Å². The molecule has 1 aromatic carbocycles. The molecular weight excluding hydrogens is 344 g/mol. The van der Waals surface area contributed by atoms with Gasteiger partial charge in [-0.15, -0.1) is 10.2 Å². The first-order valence-corrected chi connectivity index (χ1v) is 10.5. The Labute approximate surface area is 159 Å². The van der Waals surface area contributed by atoms with Crippen molar-refractivity contribution >= 4 is 23.4 Å². The number of thioether (sulfide) groups is 1. The van der Waals surface area contributed by atoms with E-state index in [-0.39, 0.29) is 11.9 Å². The third kappa shape index (κ3) is 3.27. The van der Waals surface area contributed by atoms with Crippen LogP contribution in [0.1, 0.15) is 63.4 Å². The molecule has 2 heterocycles. The fourth-order valence-electron chi connectivity index (χ4n) is 3.72. The molecule has 2 aliphatic rings. The number of carbonyl (C=O) groups is 1. The Morgan fingerprint density at radius 2 is 2.00 bits per heavy atom. The standard InChI is InChI=1S/C20H26N4OS/c1-13(2)19-21-22-20(24(19)16-10-11-16)26-12-18(25)23-14(3)8-9-15-6-4-5-7-17(15)23/h4-7,13-14,16H,8-12H2,1-3H3. The van der Waals surface area contributed by atoms with Gasteiger partial charge in [-0.05, 0) is 44.2 Å². The molecule has 0 N–H and O–H groups in total. The summed E-state index contributed by atoms with van der Waals surface area (Å²) in [7, 11) is 0. The predicted molar refractivity (Wildman–Crippen MR) is 105 cm³/mol. The van der Waals surface area contributed by atoms with E-state index in [9.17, 15) is 4.79 Å². The summed E-state index contributed by atoms with van der Waals surface area (Å²) in [4.78, 5) is 15.0. The molecule has 0 radical (unpaired) electrons. The third-order valence-corrected chi connectivity index (χ3v) is 6.16. The molecule has 2 aromatic rings. The Hall–Kier alpha value is -1.82. The fraction of sp³-hybridized carbons (Fsp3) is 0.550. The van der Waals surface area contributed by atoms with E-state index in [4.69, 9.17) is 0 Å². The Bertz CT molecular complexity index is 812. The largest absolute Gasteiger partial charge is 0.309 e. The average molecular weight is 371 g/mol. The molecule has 6 heteroatoms. The summed E-state index contributed by atoms with van der Waals surface area (Å²) in [5.41, 5.74) is 2.34. The molecule has 1 aliphatic carbocycles. The summed E-state index contributed by atoms with van der Waals surface area (Å²) in [6.07, 6.45) is 4.44. The van der Waals surface area contributed by atoms with Crippen molar-refractivity contribution < 1.29 is 4.79 Å². The lowest BCUT2D eigenvalue weighted by Gasteiger charge is -2.35. The number of fused-ring (bicyclic) bond motifs is 1.